The highest BCUT2D eigenvalue weighted by atomic mass is 35.5. The minimum Gasteiger partial charge on any atom is -0.454 e. The van der Waals surface area contributed by atoms with E-state index in [4.69, 9.17) is 21.1 Å². The van der Waals surface area contributed by atoms with Crippen molar-refractivity contribution in [1.82, 2.24) is 4.98 Å². The summed E-state index contributed by atoms with van der Waals surface area (Å²) >= 11 is 7.40. The predicted octanol–water partition coefficient (Wildman–Crippen LogP) is 4.45. The van der Waals surface area contributed by atoms with Crippen molar-refractivity contribution in [3.63, 3.8) is 0 Å². The van der Waals surface area contributed by atoms with Crippen LogP contribution in [0.4, 0.5) is 16.5 Å². The number of halogens is 1. The third-order valence-electron chi connectivity index (χ3n) is 3.63. The Balaban J connectivity index is 1.37. The molecule has 0 radical (unpaired) electrons. The third kappa shape index (κ3) is 3.89. The lowest BCUT2D eigenvalue weighted by atomic mass is 10.2. The minimum absolute atomic E-state index is 0.150. The second-order valence-corrected chi connectivity index (χ2v) is 6.87. The number of carbonyl (C=O) groups excluding carboxylic acids is 1. The molecule has 0 aliphatic carbocycles. The van der Waals surface area contributed by atoms with E-state index in [1.54, 1.807) is 24.3 Å². The van der Waals surface area contributed by atoms with Gasteiger partial charge in [-0.05, 0) is 30.3 Å². The topological polar surface area (TPSA) is 72.5 Å². The van der Waals surface area contributed by atoms with Gasteiger partial charge in [0.05, 0.1) is 12.1 Å². The van der Waals surface area contributed by atoms with Crippen LogP contribution in [0.5, 0.6) is 11.5 Å². The maximum Gasteiger partial charge on any atom is 0.231 e. The Labute approximate surface area is 158 Å². The van der Waals surface area contributed by atoms with Gasteiger partial charge in [-0.1, -0.05) is 17.7 Å². The molecule has 4 rings (SSSR count). The summed E-state index contributed by atoms with van der Waals surface area (Å²) in [6.45, 7) is 0.202. The van der Waals surface area contributed by atoms with Gasteiger partial charge in [0.25, 0.3) is 0 Å². The molecule has 2 N–H and O–H groups in total. The van der Waals surface area contributed by atoms with Crippen LogP contribution in [0.1, 0.15) is 5.69 Å². The number of nitrogens with zero attached hydrogens (tertiary/aromatic N) is 1. The Kier molecular flexibility index (Phi) is 4.64. The lowest BCUT2D eigenvalue weighted by Gasteiger charge is -2.05. The zero-order chi connectivity index (χ0) is 17.9. The standard InChI is InChI=1S/C18H14ClN3O3S/c19-11-2-1-3-12(6-11)21-18-22-14(9-26-18)8-17(23)20-13-4-5-15-16(7-13)25-10-24-15/h1-7,9H,8,10H2,(H,20,23)(H,21,22). The van der Waals surface area contributed by atoms with Gasteiger partial charge in [0, 0.05) is 27.8 Å². The first-order valence-electron chi connectivity index (χ1n) is 7.82. The maximum absolute atomic E-state index is 12.2. The largest absolute Gasteiger partial charge is 0.454 e. The molecule has 132 valence electrons. The van der Waals surface area contributed by atoms with Gasteiger partial charge < -0.3 is 20.1 Å². The molecule has 8 heteroatoms. The van der Waals surface area contributed by atoms with E-state index in [0.29, 0.717) is 33.0 Å². The maximum atomic E-state index is 12.2. The van der Waals surface area contributed by atoms with Crippen molar-refractivity contribution in [2.45, 2.75) is 6.42 Å². The molecule has 6 nitrogen and oxygen atoms in total. The van der Waals surface area contributed by atoms with Crippen LogP contribution in [0.15, 0.2) is 47.8 Å². The number of nitrogens with one attached hydrogen (secondary N) is 2. The molecule has 0 saturated carbocycles. The Morgan fingerprint density at radius 3 is 2.92 bits per heavy atom. The normalized spacial score (nSPS) is 12.0. The number of carbonyl (C=O) groups is 1. The molecule has 2 aromatic carbocycles. The highest BCUT2D eigenvalue weighted by Gasteiger charge is 2.15. The molecule has 0 saturated heterocycles. The monoisotopic (exact) mass is 387 g/mol. The molecule has 0 unspecified atom stereocenters. The van der Waals surface area contributed by atoms with Crippen molar-refractivity contribution in [3.8, 4) is 11.5 Å². The van der Waals surface area contributed by atoms with E-state index in [1.165, 1.54) is 11.3 Å². The van der Waals surface area contributed by atoms with Crippen LogP contribution in [0.2, 0.25) is 5.02 Å². The molecule has 1 aromatic heterocycles. The Morgan fingerprint density at radius 1 is 1.15 bits per heavy atom. The molecule has 0 atom stereocenters. The van der Waals surface area contributed by atoms with E-state index in [1.807, 2.05) is 23.6 Å². The molecule has 3 aromatic rings. The molecule has 2 heterocycles. The van der Waals surface area contributed by atoms with Crippen LogP contribution in [-0.4, -0.2) is 17.7 Å². The van der Waals surface area contributed by atoms with Gasteiger partial charge in [0.2, 0.25) is 12.7 Å². The SMILES string of the molecule is O=C(Cc1csc(Nc2cccc(Cl)c2)n1)Nc1ccc2c(c1)OCO2. The van der Waals surface area contributed by atoms with E-state index in [0.717, 1.165) is 5.69 Å². The average Bonchev–Trinajstić information content (AvgIpc) is 3.23. The zero-order valence-corrected chi connectivity index (χ0v) is 15.1. The quantitative estimate of drug-likeness (QED) is 0.676. The van der Waals surface area contributed by atoms with Gasteiger partial charge in [-0.15, -0.1) is 11.3 Å². The summed E-state index contributed by atoms with van der Waals surface area (Å²) in [6, 6.07) is 12.7. The summed E-state index contributed by atoms with van der Waals surface area (Å²) in [5.41, 5.74) is 2.20. The van der Waals surface area contributed by atoms with Crippen LogP contribution in [-0.2, 0) is 11.2 Å². The van der Waals surface area contributed by atoms with Crippen molar-refractivity contribution >= 4 is 45.4 Å². The van der Waals surface area contributed by atoms with Crippen LogP contribution in [0, 0.1) is 0 Å². The minimum atomic E-state index is -0.150. The molecule has 1 aliphatic rings. The van der Waals surface area contributed by atoms with E-state index in [9.17, 15) is 4.79 Å². The summed E-state index contributed by atoms with van der Waals surface area (Å²) in [5, 5.41) is 9.22. The average molecular weight is 388 g/mol. The highest BCUT2D eigenvalue weighted by molar-refractivity contribution is 7.13. The summed E-state index contributed by atoms with van der Waals surface area (Å²) in [5.74, 6) is 1.16. The number of ether oxygens (including phenoxy) is 2. The van der Waals surface area contributed by atoms with Crippen LogP contribution < -0.4 is 20.1 Å². The van der Waals surface area contributed by atoms with E-state index >= 15 is 0 Å². The lowest BCUT2D eigenvalue weighted by Crippen LogP contribution is -2.14. The second kappa shape index (κ2) is 7.23. The first kappa shape index (κ1) is 16.7. The molecular formula is C18H14ClN3O3S. The molecule has 26 heavy (non-hydrogen) atoms. The van der Waals surface area contributed by atoms with Gasteiger partial charge in [-0.3, -0.25) is 4.79 Å². The van der Waals surface area contributed by atoms with Crippen molar-refractivity contribution in [2.75, 3.05) is 17.4 Å². The molecule has 0 spiro atoms. The lowest BCUT2D eigenvalue weighted by molar-refractivity contribution is -0.115. The smallest absolute Gasteiger partial charge is 0.231 e. The number of anilines is 3. The predicted molar refractivity (Wildman–Crippen MR) is 102 cm³/mol. The number of hydrogen-bond donors (Lipinski definition) is 2. The van der Waals surface area contributed by atoms with Gasteiger partial charge in [0.1, 0.15) is 0 Å². The summed E-state index contributed by atoms with van der Waals surface area (Å²) in [7, 11) is 0. The van der Waals surface area contributed by atoms with Gasteiger partial charge in [-0.2, -0.15) is 0 Å². The summed E-state index contributed by atoms with van der Waals surface area (Å²) < 4.78 is 10.6. The molecule has 1 amide bonds. The molecule has 0 bridgehead atoms. The third-order valence-corrected chi connectivity index (χ3v) is 4.67. The number of hydrogen-bond acceptors (Lipinski definition) is 6. The first-order chi connectivity index (χ1) is 12.7. The Morgan fingerprint density at radius 2 is 2.04 bits per heavy atom. The van der Waals surface area contributed by atoms with Crippen molar-refractivity contribution in [3.05, 3.63) is 58.6 Å². The van der Waals surface area contributed by atoms with Crippen molar-refractivity contribution in [1.29, 1.82) is 0 Å². The van der Waals surface area contributed by atoms with E-state index < -0.39 is 0 Å². The van der Waals surface area contributed by atoms with E-state index in [-0.39, 0.29) is 19.1 Å². The van der Waals surface area contributed by atoms with Gasteiger partial charge >= 0.3 is 0 Å². The number of amides is 1. The molecule has 1 aliphatic heterocycles. The van der Waals surface area contributed by atoms with Crippen molar-refractivity contribution in [2.24, 2.45) is 0 Å². The van der Waals surface area contributed by atoms with Crippen LogP contribution in [0.3, 0.4) is 0 Å². The fraction of sp³-hybridized carbons (Fsp3) is 0.111. The second-order valence-electron chi connectivity index (χ2n) is 5.57. The zero-order valence-electron chi connectivity index (χ0n) is 13.5. The number of thiazole rings is 1. The summed E-state index contributed by atoms with van der Waals surface area (Å²) in [4.78, 5) is 16.7. The highest BCUT2D eigenvalue weighted by Crippen LogP contribution is 2.34. The van der Waals surface area contributed by atoms with Gasteiger partial charge in [0.15, 0.2) is 16.6 Å². The number of rotatable bonds is 5. The fourth-order valence-electron chi connectivity index (χ4n) is 2.48. The Bertz CT molecular complexity index is 960. The molecule has 0 fully saturated rings. The number of benzene rings is 2. The number of fused-ring (bicyclic) bond motifs is 1. The Hall–Kier alpha value is -2.77. The van der Waals surface area contributed by atoms with Crippen LogP contribution >= 0.6 is 22.9 Å². The van der Waals surface area contributed by atoms with E-state index in [2.05, 4.69) is 15.6 Å². The molecular weight excluding hydrogens is 374 g/mol. The van der Waals surface area contributed by atoms with Crippen LogP contribution in [0.25, 0.3) is 0 Å². The number of aromatic nitrogens is 1. The fourth-order valence-corrected chi connectivity index (χ4v) is 3.40. The summed E-state index contributed by atoms with van der Waals surface area (Å²) in [6.07, 6.45) is 0.183. The van der Waals surface area contributed by atoms with Gasteiger partial charge in [-0.25, -0.2) is 4.98 Å². The first-order valence-corrected chi connectivity index (χ1v) is 9.08. The van der Waals surface area contributed by atoms with Crippen molar-refractivity contribution < 1.29 is 14.3 Å².